The van der Waals surface area contributed by atoms with E-state index in [1.54, 1.807) is 0 Å². The number of likely N-dealkylation sites (tertiary alicyclic amines) is 1. The third kappa shape index (κ3) is 2.36. The summed E-state index contributed by atoms with van der Waals surface area (Å²) in [6.45, 7) is 6.24. The van der Waals surface area contributed by atoms with Crippen LogP contribution in [0.2, 0.25) is 0 Å². The smallest absolute Gasteiger partial charge is 0.226 e. The number of hydrogen-bond donors (Lipinski definition) is 1. The monoisotopic (exact) mass is 298 g/mol. The van der Waals surface area contributed by atoms with Gasteiger partial charge in [-0.05, 0) is 62.2 Å². The summed E-state index contributed by atoms with van der Waals surface area (Å²) in [6, 6.07) is 8.64. The van der Waals surface area contributed by atoms with E-state index in [-0.39, 0.29) is 0 Å². The molecule has 2 atom stereocenters. The van der Waals surface area contributed by atoms with Gasteiger partial charge in [0, 0.05) is 24.9 Å². The van der Waals surface area contributed by atoms with Crippen LogP contribution in [-0.4, -0.2) is 37.0 Å². The molecular formula is C19H26N2O. The van der Waals surface area contributed by atoms with Crippen molar-refractivity contribution in [3.8, 4) is 0 Å². The molecule has 3 heteroatoms. The number of carbonyl (C=O) groups excluding carboxylic acids is 1. The van der Waals surface area contributed by atoms with Gasteiger partial charge < -0.3 is 10.2 Å². The Kier molecular flexibility index (Phi) is 3.48. The van der Waals surface area contributed by atoms with Crippen molar-refractivity contribution in [2.24, 2.45) is 11.3 Å². The van der Waals surface area contributed by atoms with Crippen molar-refractivity contribution in [3.05, 3.63) is 35.4 Å². The van der Waals surface area contributed by atoms with Crippen LogP contribution in [0.15, 0.2) is 24.3 Å². The van der Waals surface area contributed by atoms with E-state index in [1.807, 2.05) is 0 Å². The molecule has 1 saturated carbocycles. The topological polar surface area (TPSA) is 32.3 Å². The molecule has 2 aliphatic heterocycles. The molecule has 1 amide bonds. The Labute approximate surface area is 133 Å². The van der Waals surface area contributed by atoms with Gasteiger partial charge >= 0.3 is 0 Å². The highest BCUT2D eigenvalue weighted by Crippen LogP contribution is 2.59. The number of rotatable bonds is 2. The minimum Gasteiger partial charge on any atom is -0.342 e. The molecule has 2 unspecified atom stereocenters. The van der Waals surface area contributed by atoms with Crippen LogP contribution in [-0.2, 0) is 4.79 Å². The Morgan fingerprint density at radius 3 is 2.82 bits per heavy atom. The third-order valence-corrected chi connectivity index (χ3v) is 6.22. The van der Waals surface area contributed by atoms with Gasteiger partial charge in [-0.1, -0.05) is 24.3 Å². The summed E-state index contributed by atoms with van der Waals surface area (Å²) >= 11 is 0. The van der Waals surface area contributed by atoms with Gasteiger partial charge in [0.2, 0.25) is 5.91 Å². The van der Waals surface area contributed by atoms with Gasteiger partial charge in [0.05, 0.1) is 0 Å². The first-order valence-electron chi connectivity index (χ1n) is 8.75. The largest absolute Gasteiger partial charge is 0.342 e. The van der Waals surface area contributed by atoms with Gasteiger partial charge in [0.15, 0.2) is 0 Å². The maximum Gasteiger partial charge on any atom is 0.226 e. The zero-order valence-corrected chi connectivity index (χ0v) is 13.5. The predicted octanol–water partition coefficient (Wildman–Crippen LogP) is 2.70. The van der Waals surface area contributed by atoms with Crippen LogP contribution in [0.25, 0.3) is 0 Å². The molecule has 3 fully saturated rings. The Hall–Kier alpha value is -1.35. The Morgan fingerprint density at radius 2 is 2.05 bits per heavy atom. The first kappa shape index (κ1) is 14.3. The number of piperidine rings is 1. The van der Waals surface area contributed by atoms with Crippen LogP contribution in [0, 0.1) is 18.3 Å². The molecule has 2 saturated heterocycles. The van der Waals surface area contributed by atoms with E-state index in [1.165, 1.54) is 24.0 Å². The number of nitrogens with zero attached hydrogens (tertiary/aromatic N) is 1. The SMILES string of the molecule is Cc1ccccc1C1CCN(C(=O)C2CC23CCNCC3)C1. The van der Waals surface area contributed by atoms with Crippen molar-refractivity contribution in [2.75, 3.05) is 26.2 Å². The highest BCUT2D eigenvalue weighted by atomic mass is 16.2. The summed E-state index contributed by atoms with van der Waals surface area (Å²) in [4.78, 5) is 15.0. The molecule has 1 N–H and O–H groups in total. The highest BCUT2D eigenvalue weighted by molar-refractivity contribution is 5.83. The first-order chi connectivity index (χ1) is 10.7. The van der Waals surface area contributed by atoms with Gasteiger partial charge in [-0.2, -0.15) is 0 Å². The van der Waals surface area contributed by atoms with E-state index < -0.39 is 0 Å². The van der Waals surface area contributed by atoms with Crippen molar-refractivity contribution in [1.82, 2.24) is 10.2 Å². The van der Waals surface area contributed by atoms with Crippen molar-refractivity contribution in [2.45, 2.75) is 38.5 Å². The lowest BCUT2D eigenvalue weighted by atomic mass is 9.91. The summed E-state index contributed by atoms with van der Waals surface area (Å²) in [5.74, 6) is 1.30. The van der Waals surface area contributed by atoms with Gasteiger partial charge in [0.25, 0.3) is 0 Å². The van der Waals surface area contributed by atoms with Gasteiger partial charge in [0.1, 0.15) is 0 Å². The summed E-state index contributed by atoms with van der Waals surface area (Å²) in [6.07, 6.45) is 4.65. The lowest BCUT2D eigenvalue weighted by Crippen LogP contribution is -2.35. The minimum atomic E-state index is 0.324. The minimum absolute atomic E-state index is 0.324. The maximum absolute atomic E-state index is 12.8. The summed E-state index contributed by atoms with van der Waals surface area (Å²) in [7, 11) is 0. The fraction of sp³-hybridized carbons (Fsp3) is 0.632. The van der Waals surface area contributed by atoms with E-state index in [0.29, 0.717) is 23.2 Å². The fourth-order valence-corrected chi connectivity index (χ4v) is 4.65. The molecule has 0 radical (unpaired) electrons. The van der Waals surface area contributed by atoms with E-state index in [2.05, 4.69) is 41.4 Å². The van der Waals surface area contributed by atoms with Crippen LogP contribution in [0.1, 0.15) is 42.7 Å². The summed E-state index contributed by atoms with van der Waals surface area (Å²) in [5, 5.41) is 3.42. The predicted molar refractivity (Wildman–Crippen MR) is 87.8 cm³/mol. The Morgan fingerprint density at radius 1 is 1.27 bits per heavy atom. The first-order valence-corrected chi connectivity index (χ1v) is 8.75. The Balaban J connectivity index is 1.41. The molecule has 1 aromatic rings. The molecule has 1 spiro atoms. The third-order valence-electron chi connectivity index (χ3n) is 6.22. The highest BCUT2D eigenvalue weighted by Gasteiger charge is 2.58. The maximum atomic E-state index is 12.8. The van der Waals surface area contributed by atoms with Crippen molar-refractivity contribution >= 4 is 5.91 Å². The van der Waals surface area contributed by atoms with Gasteiger partial charge in [-0.3, -0.25) is 4.79 Å². The molecule has 2 heterocycles. The number of nitrogens with one attached hydrogen (secondary N) is 1. The van der Waals surface area contributed by atoms with Crippen LogP contribution in [0.3, 0.4) is 0 Å². The van der Waals surface area contributed by atoms with Crippen molar-refractivity contribution in [1.29, 1.82) is 0 Å². The molecule has 22 heavy (non-hydrogen) atoms. The summed E-state index contributed by atoms with van der Waals surface area (Å²) < 4.78 is 0. The molecule has 1 aromatic carbocycles. The molecule has 4 rings (SSSR count). The lowest BCUT2D eigenvalue weighted by molar-refractivity contribution is -0.132. The number of carbonyl (C=O) groups is 1. The van der Waals surface area contributed by atoms with Crippen molar-refractivity contribution in [3.63, 3.8) is 0 Å². The van der Waals surface area contributed by atoms with Crippen molar-refractivity contribution < 1.29 is 4.79 Å². The quantitative estimate of drug-likeness (QED) is 0.910. The number of benzene rings is 1. The van der Waals surface area contributed by atoms with Crippen LogP contribution in [0.4, 0.5) is 0 Å². The molecular weight excluding hydrogens is 272 g/mol. The second-order valence-corrected chi connectivity index (χ2v) is 7.50. The van der Waals surface area contributed by atoms with Gasteiger partial charge in [-0.15, -0.1) is 0 Å². The molecule has 1 aliphatic carbocycles. The fourth-order valence-electron chi connectivity index (χ4n) is 4.65. The normalized spacial score (nSPS) is 29.8. The van der Waals surface area contributed by atoms with E-state index >= 15 is 0 Å². The number of amides is 1. The number of hydrogen-bond acceptors (Lipinski definition) is 2. The lowest BCUT2D eigenvalue weighted by Gasteiger charge is -2.25. The molecule has 0 aromatic heterocycles. The summed E-state index contributed by atoms with van der Waals surface area (Å²) in [5.41, 5.74) is 3.16. The van der Waals surface area contributed by atoms with E-state index in [0.717, 1.165) is 39.0 Å². The standard InChI is InChI=1S/C19H26N2O/c1-14-4-2-3-5-16(14)15-6-11-21(13-15)18(22)17-12-19(17)7-9-20-10-8-19/h2-5,15,17,20H,6-13H2,1H3. The average Bonchev–Trinajstić information content (AvgIpc) is 3.00. The second-order valence-electron chi connectivity index (χ2n) is 7.50. The second kappa shape index (κ2) is 5.38. The van der Waals surface area contributed by atoms with E-state index in [4.69, 9.17) is 0 Å². The Bertz CT molecular complexity index is 577. The molecule has 3 aliphatic rings. The van der Waals surface area contributed by atoms with Crippen LogP contribution < -0.4 is 5.32 Å². The molecule has 3 nitrogen and oxygen atoms in total. The van der Waals surface area contributed by atoms with Crippen LogP contribution in [0.5, 0.6) is 0 Å². The molecule has 0 bridgehead atoms. The zero-order valence-electron chi connectivity index (χ0n) is 13.5. The van der Waals surface area contributed by atoms with Gasteiger partial charge in [-0.25, -0.2) is 0 Å². The zero-order chi connectivity index (χ0) is 15.2. The van der Waals surface area contributed by atoms with Crippen LogP contribution >= 0.6 is 0 Å². The van der Waals surface area contributed by atoms with E-state index in [9.17, 15) is 4.79 Å². The number of aryl methyl sites for hydroxylation is 1. The molecule has 118 valence electrons. The average molecular weight is 298 g/mol.